The van der Waals surface area contributed by atoms with Crippen LogP contribution in [0.25, 0.3) is 11.1 Å². The quantitative estimate of drug-likeness (QED) is 0.242. The summed E-state index contributed by atoms with van der Waals surface area (Å²) in [6.07, 6.45) is 0. The fraction of sp³-hybridized carbons (Fsp3) is 0.133. The highest BCUT2D eigenvalue weighted by atomic mass is 16.5. The predicted molar refractivity (Wildman–Crippen MR) is 134 cm³/mol. The van der Waals surface area contributed by atoms with E-state index in [1.54, 1.807) is 24.3 Å². The molecular formula is C30H26O4. The monoisotopic (exact) mass is 450 g/mol. The molecule has 0 aromatic heterocycles. The summed E-state index contributed by atoms with van der Waals surface area (Å²) in [5, 5.41) is 0. The highest BCUT2D eigenvalue weighted by molar-refractivity contribution is 5.93. The van der Waals surface area contributed by atoms with E-state index in [-0.39, 0.29) is 0 Å². The van der Waals surface area contributed by atoms with E-state index in [4.69, 9.17) is 9.47 Å². The van der Waals surface area contributed by atoms with Crippen LogP contribution in [0.1, 0.15) is 43.0 Å². The molecule has 0 bridgehead atoms. The van der Waals surface area contributed by atoms with Crippen molar-refractivity contribution in [3.8, 4) is 22.6 Å². The lowest BCUT2D eigenvalue weighted by atomic mass is 10.0. The third kappa shape index (κ3) is 5.24. The molecule has 0 saturated heterocycles. The Balaban J connectivity index is 1.43. The number of aryl methyl sites for hydroxylation is 4. The summed E-state index contributed by atoms with van der Waals surface area (Å²) in [4.78, 5) is 25.1. The van der Waals surface area contributed by atoms with Crippen LogP contribution in [-0.2, 0) is 0 Å². The SMILES string of the molecule is Cc1ccc(OC(=O)c2ccc(-c3ccc(C(=O)Oc4ccc(C)cc4C)cc3)cc2)c(C)c1. The van der Waals surface area contributed by atoms with E-state index < -0.39 is 11.9 Å². The van der Waals surface area contributed by atoms with Crippen molar-refractivity contribution in [2.24, 2.45) is 0 Å². The minimum Gasteiger partial charge on any atom is -0.423 e. The van der Waals surface area contributed by atoms with E-state index in [0.29, 0.717) is 22.6 Å². The molecule has 4 nitrogen and oxygen atoms in total. The molecule has 0 spiro atoms. The number of rotatable bonds is 5. The second-order valence-electron chi connectivity index (χ2n) is 8.47. The van der Waals surface area contributed by atoms with Gasteiger partial charge in [-0.1, -0.05) is 59.7 Å². The van der Waals surface area contributed by atoms with E-state index in [1.807, 2.05) is 88.4 Å². The van der Waals surface area contributed by atoms with Gasteiger partial charge in [-0.25, -0.2) is 9.59 Å². The van der Waals surface area contributed by atoms with Gasteiger partial charge in [-0.2, -0.15) is 0 Å². The minimum absolute atomic E-state index is 0.400. The van der Waals surface area contributed by atoms with Gasteiger partial charge in [0.1, 0.15) is 11.5 Å². The summed E-state index contributed by atoms with van der Waals surface area (Å²) < 4.78 is 11.1. The average molecular weight is 451 g/mol. The third-order valence-electron chi connectivity index (χ3n) is 5.64. The zero-order valence-electron chi connectivity index (χ0n) is 19.7. The van der Waals surface area contributed by atoms with Crippen LogP contribution in [0.5, 0.6) is 11.5 Å². The van der Waals surface area contributed by atoms with Gasteiger partial charge in [-0.15, -0.1) is 0 Å². The molecule has 4 rings (SSSR count). The van der Waals surface area contributed by atoms with Gasteiger partial charge < -0.3 is 9.47 Å². The molecule has 0 aliphatic carbocycles. The summed E-state index contributed by atoms with van der Waals surface area (Å²) in [7, 11) is 0. The number of benzene rings is 4. The van der Waals surface area contributed by atoms with Gasteiger partial charge in [0.15, 0.2) is 0 Å². The second-order valence-corrected chi connectivity index (χ2v) is 8.47. The number of carbonyl (C=O) groups is 2. The van der Waals surface area contributed by atoms with E-state index in [0.717, 1.165) is 33.4 Å². The van der Waals surface area contributed by atoms with Gasteiger partial charge in [0.2, 0.25) is 0 Å². The van der Waals surface area contributed by atoms with Crippen molar-refractivity contribution in [3.63, 3.8) is 0 Å². The van der Waals surface area contributed by atoms with Crippen molar-refractivity contribution in [1.82, 2.24) is 0 Å². The van der Waals surface area contributed by atoms with Crippen molar-refractivity contribution < 1.29 is 19.1 Å². The lowest BCUT2D eigenvalue weighted by Gasteiger charge is -2.10. The van der Waals surface area contributed by atoms with E-state index in [9.17, 15) is 9.59 Å². The summed E-state index contributed by atoms with van der Waals surface area (Å²) in [6, 6.07) is 25.8. The first-order valence-electron chi connectivity index (χ1n) is 11.1. The lowest BCUT2D eigenvalue weighted by Crippen LogP contribution is -2.09. The van der Waals surface area contributed by atoms with Crippen molar-refractivity contribution in [3.05, 3.63) is 118 Å². The van der Waals surface area contributed by atoms with Gasteiger partial charge in [0.25, 0.3) is 0 Å². The maximum Gasteiger partial charge on any atom is 0.343 e. The van der Waals surface area contributed by atoms with Crippen molar-refractivity contribution in [1.29, 1.82) is 0 Å². The standard InChI is InChI=1S/C30H26O4/c1-19-5-15-27(21(3)17-19)33-29(31)25-11-7-23(8-12-25)24-9-13-26(14-10-24)30(32)34-28-16-6-20(2)18-22(28)4/h5-18H,1-4H3. The molecule has 34 heavy (non-hydrogen) atoms. The molecule has 4 aromatic rings. The molecule has 0 unspecified atom stereocenters. The number of hydrogen-bond donors (Lipinski definition) is 0. The van der Waals surface area contributed by atoms with Crippen LogP contribution in [0.15, 0.2) is 84.9 Å². The molecule has 0 atom stereocenters. The highest BCUT2D eigenvalue weighted by Gasteiger charge is 2.13. The zero-order valence-corrected chi connectivity index (χ0v) is 19.7. The van der Waals surface area contributed by atoms with Gasteiger partial charge in [0, 0.05) is 0 Å². The maximum absolute atomic E-state index is 12.5. The van der Waals surface area contributed by atoms with Crippen molar-refractivity contribution >= 4 is 11.9 Å². The molecule has 0 heterocycles. The minimum atomic E-state index is -0.400. The first-order chi connectivity index (χ1) is 16.3. The predicted octanol–water partition coefficient (Wildman–Crippen LogP) is 7.03. The Labute approximate surface area is 199 Å². The van der Waals surface area contributed by atoms with E-state index >= 15 is 0 Å². The summed E-state index contributed by atoms with van der Waals surface area (Å²) >= 11 is 0. The van der Waals surface area contributed by atoms with Crippen LogP contribution in [0.3, 0.4) is 0 Å². The fourth-order valence-corrected chi connectivity index (χ4v) is 3.74. The van der Waals surface area contributed by atoms with Crippen LogP contribution < -0.4 is 9.47 Å². The third-order valence-corrected chi connectivity index (χ3v) is 5.64. The Hall–Kier alpha value is -4.18. The molecule has 4 aromatic carbocycles. The Bertz CT molecular complexity index is 1240. The summed E-state index contributed by atoms with van der Waals surface area (Å²) in [6.45, 7) is 7.83. The number of hydrogen-bond acceptors (Lipinski definition) is 4. The number of carbonyl (C=O) groups excluding carboxylic acids is 2. The fourth-order valence-electron chi connectivity index (χ4n) is 3.74. The van der Waals surface area contributed by atoms with Gasteiger partial charge in [-0.05, 0) is 86.3 Å². The Morgan fingerprint density at radius 1 is 0.500 bits per heavy atom. The molecule has 0 saturated carbocycles. The molecule has 170 valence electrons. The number of ether oxygens (including phenoxy) is 2. The molecule has 4 heteroatoms. The zero-order chi connectivity index (χ0) is 24.2. The largest absolute Gasteiger partial charge is 0.423 e. The molecule has 0 aliphatic heterocycles. The Kier molecular flexibility index (Phi) is 6.60. The first kappa shape index (κ1) is 23.0. The van der Waals surface area contributed by atoms with Crippen LogP contribution in [0, 0.1) is 27.7 Å². The van der Waals surface area contributed by atoms with Crippen molar-refractivity contribution in [2.45, 2.75) is 27.7 Å². The smallest absolute Gasteiger partial charge is 0.343 e. The molecule has 0 radical (unpaired) electrons. The van der Waals surface area contributed by atoms with Crippen LogP contribution in [0.2, 0.25) is 0 Å². The number of esters is 2. The average Bonchev–Trinajstić information content (AvgIpc) is 2.83. The Morgan fingerprint density at radius 2 is 0.853 bits per heavy atom. The molecular weight excluding hydrogens is 424 g/mol. The molecule has 0 fully saturated rings. The Morgan fingerprint density at radius 3 is 1.18 bits per heavy atom. The van der Waals surface area contributed by atoms with Gasteiger partial charge in [-0.3, -0.25) is 0 Å². The summed E-state index contributed by atoms with van der Waals surface area (Å²) in [5.74, 6) is 0.317. The van der Waals surface area contributed by atoms with Crippen LogP contribution in [-0.4, -0.2) is 11.9 Å². The molecule has 0 amide bonds. The highest BCUT2D eigenvalue weighted by Crippen LogP contribution is 2.24. The second kappa shape index (κ2) is 9.75. The van der Waals surface area contributed by atoms with Crippen molar-refractivity contribution in [2.75, 3.05) is 0 Å². The van der Waals surface area contributed by atoms with Gasteiger partial charge in [0.05, 0.1) is 11.1 Å². The maximum atomic E-state index is 12.5. The first-order valence-corrected chi connectivity index (χ1v) is 11.1. The normalized spacial score (nSPS) is 10.6. The lowest BCUT2D eigenvalue weighted by molar-refractivity contribution is 0.0724. The summed E-state index contributed by atoms with van der Waals surface area (Å²) in [5.41, 5.74) is 6.86. The van der Waals surface area contributed by atoms with Gasteiger partial charge >= 0.3 is 11.9 Å². The van der Waals surface area contributed by atoms with Crippen LogP contribution in [0.4, 0.5) is 0 Å². The topological polar surface area (TPSA) is 52.6 Å². The molecule has 0 N–H and O–H groups in total. The van der Waals surface area contributed by atoms with E-state index in [2.05, 4.69) is 0 Å². The van der Waals surface area contributed by atoms with E-state index in [1.165, 1.54) is 0 Å². The van der Waals surface area contributed by atoms with Crippen LogP contribution >= 0.6 is 0 Å². The molecule has 0 aliphatic rings.